The molecule has 1 saturated heterocycles. The zero-order valence-corrected chi connectivity index (χ0v) is 11.9. The van der Waals surface area contributed by atoms with Crippen molar-refractivity contribution in [2.24, 2.45) is 0 Å². The first-order valence-corrected chi connectivity index (χ1v) is 7.35. The molecule has 5 heteroatoms. The molecular formula is C15H22N2O3. The summed E-state index contributed by atoms with van der Waals surface area (Å²) in [6.07, 6.45) is 7.60. The van der Waals surface area contributed by atoms with Gasteiger partial charge in [-0.3, -0.25) is 9.59 Å². The molecule has 1 fully saturated rings. The van der Waals surface area contributed by atoms with Crippen molar-refractivity contribution in [2.75, 3.05) is 13.1 Å². The molecule has 0 radical (unpaired) electrons. The lowest BCUT2D eigenvalue weighted by Gasteiger charge is -2.34. The molecule has 1 aliphatic heterocycles. The highest BCUT2D eigenvalue weighted by Gasteiger charge is 2.32. The van der Waals surface area contributed by atoms with E-state index in [0.29, 0.717) is 18.7 Å². The fourth-order valence-corrected chi connectivity index (χ4v) is 2.51. The summed E-state index contributed by atoms with van der Waals surface area (Å²) in [5, 5.41) is 2.93. The number of likely N-dealkylation sites (tertiary alicyclic amines) is 1. The summed E-state index contributed by atoms with van der Waals surface area (Å²) in [6, 6.07) is 1.30. The molecule has 5 nitrogen and oxygen atoms in total. The van der Waals surface area contributed by atoms with Crippen LogP contribution in [0.3, 0.4) is 0 Å². The average Bonchev–Trinajstić information content (AvgIpc) is 3.01. The molecule has 1 aromatic heterocycles. The van der Waals surface area contributed by atoms with Crippen LogP contribution in [0.4, 0.5) is 0 Å². The van der Waals surface area contributed by atoms with Crippen molar-refractivity contribution >= 4 is 11.8 Å². The number of piperidine rings is 1. The van der Waals surface area contributed by atoms with Crippen LogP contribution in [-0.2, 0) is 4.79 Å². The van der Waals surface area contributed by atoms with Gasteiger partial charge in [0.05, 0.1) is 11.8 Å². The van der Waals surface area contributed by atoms with Gasteiger partial charge in [0.2, 0.25) is 5.91 Å². The van der Waals surface area contributed by atoms with Gasteiger partial charge in [-0.15, -0.1) is 0 Å². The van der Waals surface area contributed by atoms with Gasteiger partial charge in [-0.05, 0) is 31.7 Å². The first-order valence-electron chi connectivity index (χ1n) is 7.35. The van der Waals surface area contributed by atoms with Crippen molar-refractivity contribution < 1.29 is 14.0 Å². The minimum Gasteiger partial charge on any atom is -0.472 e. The molecule has 2 amide bonds. The summed E-state index contributed by atoms with van der Waals surface area (Å²) in [5.41, 5.74) is 0.512. The minimum atomic E-state index is -0.344. The highest BCUT2D eigenvalue weighted by Crippen LogP contribution is 2.20. The second kappa shape index (κ2) is 7.12. The Kier molecular flexibility index (Phi) is 5.21. The Morgan fingerprint density at radius 2 is 2.30 bits per heavy atom. The van der Waals surface area contributed by atoms with Crippen molar-refractivity contribution in [3.05, 3.63) is 24.2 Å². The van der Waals surface area contributed by atoms with E-state index in [1.54, 1.807) is 11.0 Å². The van der Waals surface area contributed by atoms with E-state index in [1.165, 1.54) is 12.5 Å². The molecule has 0 spiro atoms. The number of unbranched alkanes of at least 4 members (excludes halogenated alkanes) is 1. The van der Waals surface area contributed by atoms with Crippen LogP contribution in [-0.4, -0.2) is 35.8 Å². The molecule has 110 valence electrons. The van der Waals surface area contributed by atoms with Gasteiger partial charge in [-0.1, -0.05) is 13.3 Å². The van der Waals surface area contributed by atoms with E-state index in [2.05, 4.69) is 12.2 Å². The summed E-state index contributed by atoms with van der Waals surface area (Å²) in [4.78, 5) is 26.3. The lowest BCUT2D eigenvalue weighted by atomic mass is 10.0. The van der Waals surface area contributed by atoms with Crippen LogP contribution >= 0.6 is 0 Å². The van der Waals surface area contributed by atoms with Gasteiger partial charge in [0, 0.05) is 13.1 Å². The van der Waals surface area contributed by atoms with Crippen molar-refractivity contribution in [1.82, 2.24) is 10.2 Å². The summed E-state index contributed by atoms with van der Waals surface area (Å²) in [6.45, 7) is 3.40. The molecule has 1 aromatic rings. The van der Waals surface area contributed by atoms with Gasteiger partial charge in [0.25, 0.3) is 5.91 Å². The number of nitrogens with zero attached hydrogens (tertiary/aromatic N) is 1. The van der Waals surface area contributed by atoms with Gasteiger partial charge in [0.15, 0.2) is 0 Å². The topological polar surface area (TPSA) is 62.6 Å². The Balaban J connectivity index is 2.01. The van der Waals surface area contributed by atoms with Crippen LogP contribution in [0.15, 0.2) is 23.0 Å². The van der Waals surface area contributed by atoms with Crippen LogP contribution < -0.4 is 5.32 Å². The maximum Gasteiger partial charge on any atom is 0.257 e. The highest BCUT2D eigenvalue weighted by atomic mass is 16.3. The maximum absolute atomic E-state index is 12.4. The smallest absolute Gasteiger partial charge is 0.257 e. The molecule has 0 aliphatic carbocycles. The van der Waals surface area contributed by atoms with Crippen molar-refractivity contribution in [2.45, 2.75) is 45.1 Å². The molecule has 0 saturated carbocycles. The lowest BCUT2D eigenvalue weighted by Crippen LogP contribution is -2.52. The number of carbonyl (C=O) groups is 2. The largest absolute Gasteiger partial charge is 0.472 e. The summed E-state index contributed by atoms with van der Waals surface area (Å²) in [5.74, 6) is -0.149. The number of carbonyl (C=O) groups excluding carboxylic acids is 2. The van der Waals surface area contributed by atoms with E-state index < -0.39 is 0 Å². The fourth-order valence-electron chi connectivity index (χ4n) is 2.51. The second-order valence-corrected chi connectivity index (χ2v) is 5.17. The van der Waals surface area contributed by atoms with Crippen molar-refractivity contribution in [3.8, 4) is 0 Å². The minimum absolute atomic E-state index is 0.0324. The summed E-state index contributed by atoms with van der Waals surface area (Å²) >= 11 is 0. The summed E-state index contributed by atoms with van der Waals surface area (Å²) < 4.78 is 4.95. The Bertz CT molecular complexity index is 442. The number of amides is 2. The zero-order chi connectivity index (χ0) is 14.4. The van der Waals surface area contributed by atoms with E-state index in [9.17, 15) is 9.59 Å². The second-order valence-electron chi connectivity index (χ2n) is 5.17. The monoisotopic (exact) mass is 278 g/mol. The molecule has 1 atom stereocenters. The third-order valence-electron chi connectivity index (χ3n) is 3.66. The van der Waals surface area contributed by atoms with Crippen molar-refractivity contribution in [1.29, 1.82) is 0 Å². The Hall–Kier alpha value is -1.78. The molecule has 2 rings (SSSR count). The Morgan fingerprint density at radius 1 is 1.45 bits per heavy atom. The van der Waals surface area contributed by atoms with Gasteiger partial charge in [0.1, 0.15) is 12.3 Å². The third kappa shape index (κ3) is 3.40. The van der Waals surface area contributed by atoms with Gasteiger partial charge in [-0.2, -0.15) is 0 Å². The van der Waals surface area contributed by atoms with E-state index >= 15 is 0 Å². The van der Waals surface area contributed by atoms with E-state index in [4.69, 9.17) is 4.42 Å². The molecule has 0 aromatic carbocycles. The quantitative estimate of drug-likeness (QED) is 0.840. The number of nitrogens with one attached hydrogen (secondary N) is 1. The van der Waals surface area contributed by atoms with E-state index in [-0.39, 0.29) is 17.9 Å². The number of furan rings is 1. The molecule has 20 heavy (non-hydrogen) atoms. The average molecular weight is 278 g/mol. The number of rotatable bonds is 5. The molecule has 1 unspecified atom stereocenters. The normalized spacial score (nSPS) is 18.9. The first-order chi connectivity index (χ1) is 9.74. The van der Waals surface area contributed by atoms with Crippen LogP contribution in [0.1, 0.15) is 49.4 Å². The molecule has 2 heterocycles. The first kappa shape index (κ1) is 14.6. The fraction of sp³-hybridized carbons (Fsp3) is 0.600. The molecule has 1 aliphatic rings. The zero-order valence-electron chi connectivity index (χ0n) is 11.9. The molecule has 0 bridgehead atoms. The predicted octanol–water partition coefficient (Wildman–Crippen LogP) is 2.19. The van der Waals surface area contributed by atoms with Crippen LogP contribution in [0.25, 0.3) is 0 Å². The number of hydrogen-bond acceptors (Lipinski definition) is 3. The van der Waals surface area contributed by atoms with E-state index in [0.717, 1.165) is 32.1 Å². The SMILES string of the molecule is CCCCNC(=O)C1CCCCN1C(=O)c1ccoc1. The van der Waals surface area contributed by atoms with E-state index in [1.807, 2.05) is 0 Å². The van der Waals surface area contributed by atoms with Crippen molar-refractivity contribution in [3.63, 3.8) is 0 Å². The van der Waals surface area contributed by atoms with Gasteiger partial charge < -0.3 is 14.6 Å². The van der Waals surface area contributed by atoms with Gasteiger partial charge in [-0.25, -0.2) is 0 Å². The lowest BCUT2D eigenvalue weighted by molar-refractivity contribution is -0.126. The van der Waals surface area contributed by atoms with Crippen LogP contribution in [0, 0.1) is 0 Å². The van der Waals surface area contributed by atoms with Crippen LogP contribution in [0.2, 0.25) is 0 Å². The Labute approximate surface area is 119 Å². The molecular weight excluding hydrogens is 256 g/mol. The number of hydrogen-bond donors (Lipinski definition) is 1. The highest BCUT2D eigenvalue weighted by molar-refractivity contribution is 5.97. The molecule has 1 N–H and O–H groups in total. The standard InChI is InChI=1S/C15H22N2O3/c1-2-3-8-16-14(18)13-6-4-5-9-17(13)15(19)12-7-10-20-11-12/h7,10-11,13H,2-6,8-9H2,1H3,(H,16,18). The maximum atomic E-state index is 12.4. The summed E-state index contributed by atoms with van der Waals surface area (Å²) in [7, 11) is 0. The van der Waals surface area contributed by atoms with Gasteiger partial charge >= 0.3 is 0 Å². The predicted molar refractivity (Wildman–Crippen MR) is 75.3 cm³/mol. The third-order valence-corrected chi connectivity index (χ3v) is 3.66. The Morgan fingerprint density at radius 3 is 3.00 bits per heavy atom. The van der Waals surface area contributed by atoms with Crippen LogP contribution in [0.5, 0.6) is 0 Å².